The molecule has 0 saturated heterocycles. The summed E-state index contributed by atoms with van der Waals surface area (Å²) in [5.74, 6) is 0.291. The predicted octanol–water partition coefficient (Wildman–Crippen LogP) is 3.16. The first-order chi connectivity index (χ1) is 9.63. The summed E-state index contributed by atoms with van der Waals surface area (Å²) in [5, 5.41) is 12.6. The highest BCUT2D eigenvalue weighted by Crippen LogP contribution is 2.27. The fourth-order valence-electron chi connectivity index (χ4n) is 1.81. The van der Waals surface area contributed by atoms with Gasteiger partial charge in [0, 0.05) is 18.3 Å². The molecule has 2 aromatic carbocycles. The molecule has 0 heterocycles. The van der Waals surface area contributed by atoms with Crippen molar-refractivity contribution in [2.75, 3.05) is 19.5 Å². The van der Waals surface area contributed by atoms with Crippen LogP contribution >= 0.6 is 0 Å². The van der Waals surface area contributed by atoms with Crippen LogP contribution in [-0.4, -0.2) is 19.3 Å². The lowest BCUT2D eigenvalue weighted by molar-refractivity contribution is 0.373. The average molecular weight is 277 g/mol. The van der Waals surface area contributed by atoms with Crippen molar-refractivity contribution in [3.8, 4) is 17.2 Å². The molecule has 106 valence electrons. The molecule has 0 aliphatic carbocycles. The van der Waals surface area contributed by atoms with Gasteiger partial charge in [-0.3, -0.25) is 0 Å². The lowest BCUT2D eigenvalue weighted by Crippen LogP contribution is -2.00. The monoisotopic (exact) mass is 277 g/mol. The highest BCUT2D eigenvalue weighted by atomic mass is 19.1. The molecule has 0 radical (unpaired) electrons. The molecule has 2 rings (SSSR count). The third-order valence-corrected chi connectivity index (χ3v) is 2.89. The van der Waals surface area contributed by atoms with Gasteiger partial charge in [-0.15, -0.1) is 0 Å². The maximum Gasteiger partial charge on any atom is 0.167 e. The van der Waals surface area contributed by atoms with Crippen LogP contribution in [0.3, 0.4) is 0 Å². The zero-order chi connectivity index (χ0) is 14.5. The number of nitrogens with one attached hydrogen (secondary N) is 1. The number of halogens is 1. The standard InChI is InChI=1S/C15H16FNO3/c1-19-14-6-4-11(8-12(14)16)17-9-10-3-5-13(18)15(7-10)20-2/h3-8,17-18H,9H2,1-2H3. The van der Waals surface area contributed by atoms with Crippen LogP contribution in [0.4, 0.5) is 10.1 Å². The summed E-state index contributed by atoms with van der Waals surface area (Å²) in [4.78, 5) is 0. The van der Waals surface area contributed by atoms with Crippen molar-refractivity contribution in [1.82, 2.24) is 0 Å². The van der Waals surface area contributed by atoms with E-state index in [0.29, 0.717) is 18.0 Å². The van der Waals surface area contributed by atoms with Crippen molar-refractivity contribution >= 4 is 5.69 Å². The largest absolute Gasteiger partial charge is 0.504 e. The molecule has 2 aromatic rings. The molecule has 2 N–H and O–H groups in total. The van der Waals surface area contributed by atoms with Gasteiger partial charge < -0.3 is 19.9 Å². The Kier molecular flexibility index (Phi) is 4.30. The molecule has 0 bridgehead atoms. The summed E-state index contributed by atoms with van der Waals surface area (Å²) < 4.78 is 23.4. The summed E-state index contributed by atoms with van der Waals surface area (Å²) in [5.41, 5.74) is 1.56. The Hall–Kier alpha value is -2.43. The fourth-order valence-corrected chi connectivity index (χ4v) is 1.81. The first-order valence-electron chi connectivity index (χ1n) is 6.07. The number of hydrogen-bond acceptors (Lipinski definition) is 4. The molecule has 0 unspecified atom stereocenters. The Labute approximate surface area is 116 Å². The second kappa shape index (κ2) is 6.14. The van der Waals surface area contributed by atoms with Gasteiger partial charge in [0.1, 0.15) is 0 Å². The highest BCUT2D eigenvalue weighted by Gasteiger charge is 2.05. The Bertz CT molecular complexity index is 602. The number of hydrogen-bond donors (Lipinski definition) is 2. The van der Waals surface area contributed by atoms with Crippen molar-refractivity contribution < 1.29 is 19.0 Å². The molecule has 0 saturated carbocycles. The lowest BCUT2D eigenvalue weighted by Gasteiger charge is -2.10. The highest BCUT2D eigenvalue weighted by molar-refractivity contribution is 5.49. The van der Waals surface area contributed by atoms with E-state index in [1.54, 1.807) is 30.3 Å². The first kappa shape index (κ1) is 14.0. The molecule has 0 fully saturated rings. The van der Waals surface area contributed by atoms with E-state index in [-0.39, 0.29) is 11.5 Å². The molecule has 0 aromatic heterocycles. The molecular weight excluding hydrogens is 261 g/mol. The molecule has 0 atom stereocenters. The lowest BCUT2D eigenvalue weighted by atomic mass is 10.2. The minimum atomic E-state index is -0.416. The number of aromatic hydroxyl groups is 1. The van der Waals surface area contributed by atoms with E-state index < -0.39 is 5.82 Å². The van der Waals surface area contributed by atoms with Crippen LogP contribution in [0.1, 0.15) is 5.56 Å². The van der Waals surface area contributed by atoms with E-state index in [9.17, 15) is 9.50 Å². The Balaban J connectivity index is 2.07. The SMILES string of the molecule is COc1cc(CNc2ccc(OC)c(F)c2)ccc1O. The van der Waals surface area contributed by atoms with Crippen LogP contribution < -0.4 is 14.8 Å². The summed E-state index contributed by atoms with van der Waals surface area (Å²) in [7, 11) is 2.92. The van der Waals surface area contributed by atoms with Crippen LogP contribution in [0.25, 0.3) is 0 Å². The van der Waals surface area contributed by atoms with E-state index in [1.807, 2.05) is 0 Å². The van der Waals surface area contributed by atoms with E-state index in [4.69, 9.17) is 9.47 Å². The first-order valence-corrected chi connectivity index (χ1v) is 6.07. The molecule has 0 aliphatic rings. The van der Waals surface area contributed by atoms with Gasteiger partial charge in [-0.05, 0) is 29.8 Å². The number of ether oxygens (including phenoxy) is 2. The van der Waals surface area contributed by atoms with Gasteiger partial charge >= 0.3 is 0 Å². The molecule has 0 spiro atoms. The second-order valence-corrected chi connectivity index (χ2v) is 4.21. The van der Waals surface area contributed by atoms with E-state index in [2.05, 4.69) is 5.32 Å². The van der Waals surface area contributed by atoms with Crippen molar-refractivity contribution in [3.63, 3.8) is 0 Å². The Morgan fingerprint density at radius 3 is 2.45 bits per heavy atom. The van der Waals surface area contributed by atoms with Crippen molar-refractivity contribution in [1.29, 1.82) is 0 Å². The molecular formula is C15H16FNO3. The van der Waals surface area contributed by atoms with Gasteiger partial charge in [-0.1, -0.05) is 6.07 Å². The van der Waals surface area contributed by atoms with Gasteiger partial charge in [0.05, 0.1) is 14.2 Å². The van der Waals surface area contributed by atoms with Gasteiger partial charge in [0.25, 0.3) is 0 Å². The van der Waals surface area contributed by atoms with Gasteiger partial charge in [0.15, 0.2) is 23.1 Å². The number of anilines is 1. The molecule has 0 amide bonds. The average Bonchev–Trinajstić information content (AvgIpc) is 2.46. The molecule has 4 nitrogen and oxygen atoms in total. The smallest absolute Gasteiger partial charge is 0.167 e. The minimum absolute atomic E-state index is 0.0896. The normalized spacial score (nSPS) is 10.2. The third-order valence-electron chi connectivity index (χ3n) is 2.89. The third kappa shape index (κ3) is 3.12. The van der Waals surface area contributed by atoms with Crippen LogP contribution in [-0.2, 0) is 6.54 Å². The number of methoxy groups -OCH3 is 2. The predicted molar refractivity (Wildman–Crippen MR) is 74.9 cm³/mol. The maximum absolute atomic E-state index is 13.5. The van der Waals surface area contributed by atoms with E-state index >= 15 is 0 Å². The van der Waals surface area contributed by atoms with Gasteiger partial charge in [-0.2, -0.15) is 0 Å². The van der Waals surface area contributed by atoms with E-state index in [1.165, 1.54) is 20.3 Å². The Morgan fingerprint density at radius 1 is 1.05 bits per heavy atom. The topological polar surface area (TPSA) is 50.7 Å². The summed E-state index contributed by atoms with van der Waals surface area (Å²) in [6.45, 7) is 0.489. The van der Waals surface area contributed by atoms with Crippen molar-refractivity contribution in [2.24, 2.45) is 0 Å². The van der Waals surface area contributed by atoms with Crippen LogP contribution in [0.15, 0.2) is 36.4 Å². The molecule has 0 aliphatic heterocycles. The van der Waals surface area contributed by atoms with Gasteiger partial charge in [0.2, 0.25) is 0 Å². The van der Waals surface area contributed by atoms with Crippen molar-refractivity contribution in [3.05, 3.63) is 47.8 Å². The second-order valence-electron chi connectivity index (χ2n) is 4.21. The van der Waals surface area contributed by atoms with Crippen LogP contribution in [0.5, 0.6) is 17.2 Å². The number of rotatable bonds is 5. The molecule has 20 heavy (non-hydrogen) atoms. The maximum atomic E-state index is 13.5. The number of phenols is 1. The summed E-state index contributed by atoms with van der Waals surface area (Å²) in [6.07, 6.45) is 0. The quantitative estimate of drug-likeness (QED) is 0.881. The van der Waals surface area contributed by atoms with Crippen LogP contribution in [0.2, 0.25) is 0 Å². The minimum Gasteiger partial charge on any atom is -0.504 e. The van der Waals surface area contributed by atoms with Crippen LogP contribution in [0, 0.1) is 5.82 Å². The number of benzene rings is 2. The van der Waals surface area contributed by atoms with E-state index in [0.717, 1.165) is 5.56 Å². The molecule has 5 heteroatoms. The number of phenolic OH excluding ortho intramolecular Hbond substituents is 1. The van der Waals surface area contributed by atoms with Crippen molar-refractivity contribution in [2.45, 2.75) is 6.54 Å². The fraction of sp³-hybridized carbons (Fsp3) is 0.200. The summed E-state index contributed by atoms with van der Waals surface area (Å²) in [6, 6.07) is 9.72. The van der Waals surface area contributed by atoms with Gasteiger partial charge in [-0.25, -0.2) is 4.39 Å². The zero-order valence-corrected chi connectivity index (χ0v) is 11.3. The summed E-state index contributed by atoms with van der Waals surface area (Å²) >= 11 is 0. The zero-order valence-electron chi connectivity index (χ0n) is 11.3. The Morgan fingerprint density at radius 2 is 1.80 bits per heavy atom.